The van der Waals surface area contributed by atoms with Crippen LogP contribution in [0.4, 0.5) is 4.39 Å². The van der Waals surface area contributed by atoms with Crippen LogP contribution >= 0.6 is 23.2 Å². The van der Waals surface area contributed by atoms with E-state index < -0.39 is 11.8 Å². The van der Waals surface area contributed by atoms with E-state index in [9.17, 15) is 9.18 Å². The molecule has 0 saturated heterocycles. The second-order valence-electron chi connectivity index (χ2n) is 6.40. The first kappa shape index (κ1) is 20.1. The van der Waals surface area contributed by atoms with E-state index in [1.54, 1.807) is 66.7 Å². The summed E-state index contributed by atoms with van der Waals surface area (Å²) in [6.07, 6.45) is 1.61. The van der Waals surface area contributed by atoms with Crippen LogP contribution < -0.4 is 4.74 Å². The Morgan fingerprint density at radius 2 is 1.73 bits per heavy atom. The molecule has 3 aromatic carbocycles. The standard InChI is InChI=1S/C23H14Cl2FNO3/c24-16-8-6-15(7-9-16)22-27-21(23(28)30-22)12-14-4-10-17(11-5-14)29-13-18-19(25)2-1-3-20(18)26/h1-12H,13H2. The summed E-state index contributed by atoms with van der Waals surface area (Å²) in [5, 5.41) is 0.893. The summed E-state index contributed by atoms with van der Waals surface area (Å²) in [5.41, 5.74) is 1.88. The molecule has 150 valence electrons. The lowest BCUT2D eigenvalue weighted by atomic mass is 10.2. The van der Waals surface area contributed by atoms with Gasteiger partial charge in [0.2, 0.25) is 5.90 Å². The van der Waals surface area contributed by atoms with Crippen molar-refractivity contribution in [3.8, 4) is 5.75 Å². The molecule has 0 unspecified atom stereocenters. The molecule has 0 N–H and O–H groups in total. The summed E-state index contributed by atoms with van der Waals surface area (Å²) < 4.78 is 24.7. The van der Waals surface area contributed by atoms with E-state index in [1.165, 1.54) is 6.07 Å². The fraction of sp³-hybridized carbons (Fsp3) is 0.0435. The van der Waals surface area contributed by atoms with E-state index in [0.29, 0.717) is 26.9 Å². The van der Waals surface area contributed by atoms with Crippen molar-refractivity contribution < 1.29 is 18.7 Å². The molecule has 0 spiro atoms. The molecule has 30 heavy (non-hydrogen) atoms. The van der Waals surface area contributed by atoms with E-state index in [1.807, 2.05) is 0 Å². The van der Waals surface area contributed by atoms with Crippen LogP contribution in [-0.4, -0.2) is 11.9 Å². The third kappa shape index (κ3) is 4.53. The highest BCUT2D eigenvalue weighted by molar-refractivity contribution is 6.31. The van der Waals surface area contributed by atoms with Crippen LogP contribution in [0, 0.1) is 5.82 Å². The van der Waals surface area contributed by atoms with Crippen LogP contribution in [0.3, 0.4) is 0 Å². The highest BCUT2D eigenvalue weighted by Gasteiger charge is 2.24. The minimum Gasteiger partial charge on any atom is -0.489 e. The third-order valence-corrected chi connectivity index (χ3v) is 4.95. The van der Waals surface area contributed by atoms with Gasteiger partial charge < -0.3 is 9.47 Å². The fourth-order valence-electron chi connectivity index (χ4n) is 2.77. The van der Waals surface area contributed by atoms with E-state index in [0.717, 1.165) is 5.56 Å². The Bertz CT molecular complexity index is 1140. The van der Waals surface area contributed by atoms with Crippen LogP contribution in [0.25, 0.3) is 6.08 Å². The third-order valence-electron chi connectivity index (χ3n) is 4.34. The van der Waals surface area contributed by atoms with Crippen LogP contribution in [0.2, 0.25) is 10.0 Å². The maximum Gasteiger partial charge on any atom is 0.363 e. The largest absolute Gasteiger partial charge is 0.489 e. The van der Waals surface area contributed by atoms with Crippen molar-refractivity contribution in [2.45, 2.75) is 6.61 Å². The van der Waals surface area contributed by atoms with E-state index in [-0.39, 0.29) is 18.2 Å². The molecule has 3 aromatic rings. The number of carbonyl (C=O) groups excluding carboxylic acids is 1. The maximum absolute atomic E-state index is 13.8. The van der Waals surface area contributed by atoms with Gasteiger partial charge in [-0.15, -0.1) is 0 Å². The average Bonchev–Trinajstić information content (AvgIpc) is 3.09. The fourth-order valence-corrected chi connectivity index (χ4v) is 3.11. The van der Waals surface area contributed by atoms with Crippen molar-refractivity contribution in [2.24, 2.45) is 4.99 Å². The first-order valence-corrected chi connectivity index (χ1v) is 9.69. The molecule has 1 aliphatic rings. The van der Waals surface area contributed by atoms with E-state index in [4.69, 9.17) is 32.7 Å². The van der Waals surface area contributed by atoms with E-state index in [2.05, 4.69) is 4.99 Å². The molecule has 7 heteroatoms. The second-order valence-corrected chi connectivity index (χ2v) is 7.24. The van der Waals surface area contributed by atoms with Gasteiger partial charge in [0.25, 0.3) is 0 Å². The zero-order valence-corrected chi connectivity index (χ0v) is 17.0. The van der Waals surface area contributed by atoms with Gasteiger partial charge in [0.15, 0.2) is 5.70 Å². The maximum atomic E-state index is 13.8. The number of rotatable bonds is 5. The van der Waals surface area contributed by atoms with Crippen molar-refractivity contribution in [1.82, 2.24) is 0 Å². The lowest BCUT2D eigenvalue weighted by molar-refractivity contribution is -0.129. The Balaban J connectivity index is 1.47. The van der Waals surface area contributed by atoms with Crippen LogP contribution in [0.1, 0.15) is 16.7 Å². The highest BCUT2D eigenvalue weighted by atomic mass is 35.5. The van der Waals surface area contributed by atoms with E-state index >= 15 is 0 Å². The van der Waals surface area contributed by atoms with Gasteiger partial charge in [0, 0.05) is 16.1 Å². The molecular weight excluding hydrogens is 428 g/mol. The molecule has 0 fully saturated rings. The lowest BCUT2D eigenvalue weighted by Gasteiger charge is -2.09. The molecule has 0 saturated carbocycles. The van der Waals surface area contributed by atoms with Crippen molar-refractivity contribution in [1.29, 1.82) is 0 Å². The molecule has 0 aromatic heterocycles. The minimum atomic E-state index is -0.533. The Hall–Kier alpha value is -3.15. The van der Waals surface area contributed by atoms with Gasteiger partial charge in [-0.2, -0.15) is 0 Å². The summed E-state index contributed by atoms with van der Waals surface area (Å²) in [7, 11) is 0. The summed E-state index contributed by atoms with van der Waals surface area (Å²) >= 11 is 11.9. The number of benzene rings is 3. The Labute approximate surface area is 182 Å². The number of hydrogen-bond donors (Lipinski definition) is 0. The number of cyclic esters (lactones) is 1. The monoisotopic (exact) mass is 441 g/mol. The van der Waals surface area contributed by atoms with Crippen molar-refractivity contribution in [2.75, 3.05) is 0 Å². The zero-order chi connectivity index (χ0) is 21.1. The molecule has 0 atom stereocenters. The highest BCUT2D eigenvalue weighted by Crippen LogP contribution is 2.24. The van der Waals surface area contributed by atoms with Gasteiger partial charge in [-0.1, -0.05) is 41.4 Å². The number of nitrogens with zero attached hydrogens (tertiary/aromatic N) is 1. The Morgan fingerprint density at radius 3 is 2.43 bits per heavy atom. The lowest BCUT2D eigenvalue weighted by Crippen LogP contribution is -2.05. The average molecular weight is 442 g/mol. The van der Waals surface area contributed by atoms with Gasteiger partial charge >= 0.3 is 5.97 Å². The minimum absolute atomic E-state index is 0.00696. The predicted octanol–water partition coefficient (Wildman–Crippen LogP) is 6.06. The molecular formula is C23H14Cl2FNO3. The van der Waals surface area contributed by atoms with Gasteiger partial charge in [0.1, 0.15) is 18.2 Å². The van der Waals surface area contributed by atoms with Crippen LogP contribution in [-0.2, 0) is 16.1 Å². The predicted molar refractivity (Wildman–Crippen MR) is 114 cm³/mol. The molecule has 1 aliphatic heterocycles. The first-order chi connectivity index (χ1) is 14.5. The summed E-state index contributed by atoms with van der Waals surface area (Å²) in [5.74, 6) is -0.187. The zero-order valence-electron chi connectivity index (χ0n) is 15.4. The van der Waals surface area contributed by atoms with Gasteiger partial charge in [-0.3, -0.25) is 0 Å². The van der Waals surface area contributed by atoms with Crippen molar-refractivity contribution in [3.05, 3.63) is 105 Å². The van der Waals surface area contributed by atoms with Gasteiger partial charge in [-0.05, 0) is 60.2 Å². The molecule has 0 amide bonds. The Kier molecular flexibility index (Phi) is 5.84. The molecule has 4 rings (SSSR count). The van der Waals surface area contributed by atoms with Gasteiger partial charge in [-0.25, -0.2) is 14.2 Å². The number of ether oxygens (including phenoxy) is 2. The number of hydrogen-bond acceptors (Lipinski definition) is 4. The quantitative estimate of drug-likeness (QED) is 0.357. The van der Waals surface area contributed by atoms with Crippen LogP contribution in [0.5, 0.6) is 5.75 Å². The second kappa shape index (κ2) is 8.69. The first-order valence-electron chi connectivity index (χ1n) is 8.94. The van der Waals surface area contributed by atoms with Crippen molar-refractivity contribution in [3.63, 3.8) is 0 Å². The summed E-state index contributed by atoms with van der Waals surface area (Å²) in [6, 6.07) is 18.3. The molecule has 0 bridgehead atoms. The number of aliphatic imine (C=N–C) groups is 1. The number of halogens is 3. The topological polar surface area (TPSA) is 47.9 Å². The Morgan fingerprint density at radius 1 is 1.00 bits per heavy atom. The van der Waals surface area contributed by atoms with Gasteiger partial charge in [0.05, 0.1) is 5.02 Å². The van der Waals surface area contributed by atoms with Crippen molar-refractivity contribution >= 4 is 41.1 Å². The van der Waals surface area contributed by atoms with Crippen LogP contribution in [0.15, 0.2) is 77.4 Å². The molecule has 4 nitrogen and oxygen atoms in total. The summed E-state index contributed by atoms with van der Waals surface area (Å²) in [4.78, 5) is 16.4. The molecule has 1 heterocycles. The molecule has 0 aliphatic carbocycles. The normalized spacial score (nSPS) is 14.6. The SMILES string of the molecule is O=C1OC(c2ccc(Cl)cc2)=NC1=Cc1ccc(OCc2c(F)cccc2Cl)cc1. The number of esters is 1. The molecule has 0 radical (unpaired) electrons. The number of carbonyl (C=O) groups is 1. The smallest absolute Gasteiger partial charge is 0.363 e. The summed E-state index contributed by atoms with van der Waals surface area (Å²) in [6.45, 7) is 0.00696.